The first kappa shape index (κ1) is 17.3. The van der Waals surface area contributed by atoms with Gasteiger partial charge in [0.05, 0.1) is 13.2 Å². The number of carbonyl (C=O) groups is 2. The van der Waals surface area contributed by atoms with Gasteiger partial charge in [0, 0.05) is 19.5 Å². The van der Waals surface area contributed by atoms with Crippen molar-refractivity contribution in [3.8, 4) is 0 Å². The van der Waals surface area contributed by atoms with E-state index in [1.54, 1.807) is 4.90 Å². The average Bonchev–Trinajstić information content (AvgIpc) is 2.55. The number of hydrogen-bond donors (Lipinski definition) is 0. The largest absolute Gasteiger partial charge is 0.452 e. The molecule has 2 aliphatic rings. The number of esters is 1. The van der Waals surface area contributed by atoms with Gasteiger partial charge in [-0.3, -0.25) is 9.59 Å². The molecule has 0 spiro atoms. The van der Waals surface area contributed by atoms with Crippen LogP contribution in [0, 0.1) is 5.92 Å². The second-order valence-corrected chi connectivity index (χ2v) is 6.41. The lowest BCUT2D eigenvalue weighted by molar-refractivity contribution is -0.163. The van der Waals surface area contributed by atoms with Gasteiger partial charge in [0.1, 0.15) is 0 Å². The first-order valence-electron chi connectivity index (χ1n) is 8.76. The molecule has 1 atom stereocenters. The van der Waals surface area contributed by atoms with Crippen LogP contribution in [0.2, 0.25) is 0 Å². The molecule has 1 saturated heterocycles. The Morgan fingerprint density at radius 2 is 1.86 bits per heavy atom. The molecule has 5 heteroatoms. The molecule has 0 radical (unpaired) electrons. The highest BCUT2D eigenvalue weighted by molar-refractivity contribution is 5.84. The van der Waals surface area contributed by atoms with E-state index in [2.05, 4.69) is 0 Å². The fraction of sp³-hybridized carbons (Fsp3) is 0.882. The van der Waals surface area contributed by atoms with Crippen molar-refractivity contribution in [2.45, 2.75) is 64.4 Å². The van der Waals surface area contributed by atoms with Gasteiger partial charge in [-0.15, -0.1) is 0 Å². The van der Waals surface area contributed by atoms with E-state index in [9.17, 15) is 9.59 Å². The summed E-state index contributed by atoms with van der Waals surface area (Å²) in [6.07, 6.45) is 7.27. The minimum atomic E-state index is -0.597. The van der Waals surface area contributed by atoms with Gasteiger partial charge >= 0.3 is 5.97 Å². The molecule has 22 heavy (non-hydrogen) atoms. The molecule has 2 rings (SSSR count). The van der Waals surface area contributed by atoms with Crippen LogP contribution in [-0.4, -0.2) is 49.2 Å². The van der Waals surface area contributed by atoms with Crippen LogP contribution in [0.15, 0.2) is 0 Å². The van der Waals surface area contributed by atoms with Crippen LogP contribution in [0.5, 0.6) is 0 Å². The Labute approximate surface area is 133 Å². The van der Waals surface area contributed by atoms with E-state index in [4.69, 9.17) is 9.47 Å². The molecule has 1 amide bonds. The van der Waals surface area contributed by atoms with Gasteiger partial charge in [0.25, 0.3) is 5.91 Å². The monoisotopic (exact) mass is 311 g/mol. The molecule has 5 nitrogen and oxygen atoms in total. The summed E-state index contributed by atoms with van der Waals surface area (Å²) in [5, 5.41) is 0. The van der Waals surface area contributed by atoms with E-state index < -0.39 is 6.10 Å². The number of ether oxygens (including phenoxy) is 2. The Bertz CT molecular complexity index is 360. The van der Waals surface area contributed by atoms with Crippen LogP contribution >= 0.6 is 0 Å². The summed E-state index contributed by atoms with van der Waals surface area (Å²) in [5.41, 5.74) is 0. The zero-order valence-electron chi connectivity index (χ0n) is 13.7. The van der Waals surface area contributed by atoms with Crippen LogP contribution in [0.1, 0.15) is 58.3 Å². The summed E-state index contributed by atoms with van der Waals surface area (Å²) in [6.45, 7) is 4.30. The highest BCUT2D eigenvalue weighted by Crippen LogP contribution is 2.28. The van der Waals surface area contributed by atoms with E-state index in [-0.39, 0.29) is 11.9 Å². The summed E-state index contributed by atoms with van der Waals surface area (Å²) in [6, 6.07) is 0. The maximum Gasteiger partial charge on any atom is 0.306 e. The summed E-state index contributed by atoms with van der Waals surface area (Å²) in [7, 11) is 0. The van der Waals surface area contributed by atoms with Crippen LogP contribution in [0.4, 0.5) is 0 Å². The van der Waals surface area contributed by atoms with Crippen LogP contribution < -0.4 is 0 Å². The summed E-state index contributed by atoms with van der Waals surface area (Å²) < 4.78 is 10.8. The van der Waals surface area contributed by atoms with Crippen molar-refractivity contribution in [2.24, 2.45) is 5.92 Å². The molecular weight excluding hydrogens is 282 g/mol. The first-order valence-corrected chi connectivity index (χ1v) is 8.76. The lowest BCUT2D eigenvalue weighted by atomic mass is 9.85. The number of nitrogens with zero attached hydrogens (tertiary/aromatic N) is 1. The summed E-state index contributed by atoms with van der Waals surface area (Å²) >= 11 is 0. The Balaban J connectivity index is 1.95. The van der Waals surface area contributed by atoms with Gasteiger partial charge in [-0.25, -0.2) is 0 Å². The quantitative estimate of drug-likeness (QED) is 0.707. The lowest BCUT2D eigenvalue weighted by Gasteiger charge is -2.32. The SMILES string of the molecule is CCCC(=O)O[C@H](CC1CCCCC1)C(=O)N1CCOCC1. The maximum atomic E-state index is 12.7. The molecule has 126 valence electrons. The third-order valence-electron chi connectivity index (χ3n) is 4.60. The molecule has 0 aromatic heterocycles. The molecule has 2 fully saturated rings. The van der Waals surface area contributed by atoms with Gasteiger partial charge in [-0.05, 0) is 18.8 Å². The summed E-state index contributed by atoms with van der Waals surface area (Å²) in [4.78, 5) is 26.4. The summed E-state index contributed by atoms with van der Waals surface area (Å²) in [5.74, 6) is 0.237. The third-order valence-corrected chi connectivity index (χ3v) is 4.60. The van der Waals surface area contributed by atoms with E-state index in [1.807, 2.05) is 6.92 Å². The molecule has 0 bridgehead atoms. The zero-order chi connectivity index (χ0) is 15.8. The highest BCUT2D eigenvalue weighted by atomic mass is 16.5. The lowest BCUT2D eigenvalue weighted by Crippen LogP contribution is -2.47. The van der Waals surface area contributed by atoms with Crippen LogP contribution in [0.25, 0.3) is 0 Å². The molecule has 1 aliphatic carbocycles. The van der Waals surface area contributed by atoms with Crippen molar-refractivity contribution in [1.29, 1.82) is 0 Å². The van der Waals surface area contributed by atoms with Crippen molar-refractivity contribution >= 4 is 11.9 Å². The van der Waals surface area contributed by atoms with Gasteiger partial charge in [-0.1, -0.05) is 39.0 Å². The van der Waals surface area contributed by atoms with Crippen molar-refractivity contribution in [1.82, 2.24) is 4.90 Å². The van der Waals surface area contributed by atoms with Crippen molar-refractivity contribution in [2.75, 3.05) is 26.3 Å². The van der Waals surface area contributed by atoms with E-state index >= 15 is 0 Å². The predicted octanol–water partition coefficient (Wildman–Crippen LogP) is 2.53. The van der Waals surface area contributed by atoms with Crippen molar-refractivity contribution in [3.63, 3.8) is 0 Å². The van der Waals surface area contributed by atoms with E-state index in [0.717, 1.165) is 19.3 Å². The molecular formula is C17H29NO4. The standard InChI is InChI=1S/C17H29NO4/c1-2-6-16(19)22-15(13-14-7-4-3-5-8-14)17(20)18-9-11-21-12-10-18/h14-15H,2-13H2,1H3/t15-/m1/s1. The van der Waals surface area contributed by atoms with Gasteiger partial charge < -0.3 is 14.4 Å². The van der Waals surface area contributed by atoms with Gasteiger partial charge in [0.15, 0.2) is 6.10 Å². The molecule has 0 aromatic carbocycles. The Kier molecular flexibility index (Phi) is 7.16. The number of amides is 1. The number of rotatable bonds is 6. The average molecular weight is 311 g/mol. The Hall–Kier alpha value is -1.10. The number of hydrogen-bond acceptors (Lipinski definition) is 4. The molecule has 0 unspecified atom stereocenters. The van der Waals surface area contributed by atoms with E-state index in [1.165, 1.54) is 19.3 Å². The molecule has 0 N–H and O–H groups in total. The number of morpholine rings is 1. The minimum Gasteiger partial charge on any atom is -0.452 e. The highest BCUT2D eigenvalue weighted by Gasteiger charge is 2.31. The first-order chi connectivity index (χ1) is 10.7. The normalized spacial score (nSPS) is 21.4. The van der Waals surface area contributed by atoms with Gasteiger partial charge in [-0.2, -0.15) is 0 Å². The molecule has 1 aliphatic heterocycles. The fourth-order valence-corrected chi connectivity index (χ4v) is 3.33. The van der Waals surface area contributed by atoms with Crippen molar-refractivity contribution < 1.29 is 19.1 Å². The molecule has 1 saturated carbocycles. The Morgan fingerprint density at radius 1 is 1.18 bits per heavy atom. The second kappa shape index (κ2) is 9.13. The second-order valence-electron chi connectivity index (χ2n) is 6.41. The maximum absolute atomic E-state index is 12.7. The minimum absolute atomic E-state index is 0.0293. The van der Waals surface area contributed by atoms with Crippen LogP contribution in [0.3, 0.4) is 0 Å². The van der Waals surface area contributed by atoms with Crippen LogP contribution in [-0.2, 0) is 19.1 Å². The topological polar surface area (TPSA) is 55.8 Å². The van der Waals surface area contributed by atoms with Gasteiger partial charge in [0.2, 0.25) is 0 Å². The van der Waals surface area contributed by atoms with E-state index in [0.29, 0.717) is 45.1 Å². The fourth-order valence-electron chi connectivity index (χ4n) is 3.33. The number of carbonyl (C=O) groups excluding carboxylic acids is 2. The van der Waals surface area contributed by atoms with Crippen molar-refractivity contribution in [3.05, 3.63) is 0 Å². The third kappa shape index (κ3) is 5.27. The molecule has 0 aromatic rings. The predicted molar refractivity (Wildman–Crippen MR) is 83.4 cm³/mol. The smallest absolute Gasteiger partial charge is 0.306 e. The molecule has 1 heterocycles. The Morgan fingerprint density at radius 3 is 2.50 bits per heavy atom. The zero-order valence-corrected chi connectivity index (χ0v) is 13.7.